The van der Waals surface area contributed by atoms with Crippen LogP contribution in [0.1, 0.15) is 39.0 Å². The van der Waals surface area contributed by atoms with Crippen molar-refractivity contribution in [3.05, 3.63) is 0 Å². The molecule has 12 heavy (non-hydrogen) atoms. The first-order chi connectivity index (χ1) is 5.84. The first-order valence-corrected chi connectivity index (χ1v) is 5.10. The molecule has 0 aliphatic carbocycles. The lowest BCUT2D eigenvalue weighted by molar-refractivity contribution is 0.0811. The van der Waals surface area contributed by atoms with Gasteiger partial charge >= 0.3 is 0 Å². The molecule has 0 aromatic heterocycles. The van der Waals surface area contributed by atoms with E-state index in [1.165, 1.54) is 0 Å². The monoisotopic (exact) mass is 172 g/mol. The van der Waals surface area contributed by atoms with Gasteiger partial charge in [0.25, 0.3) is 0 Å². The SMILES string of the molecule is CCCC(O)C1CCCOCC1. The third-order valence-electron chi connectivity index (χ3n) is 2.63. The van der Waals surface area contributed by atoms with E-state index in [4.69, 9.17) is 4.74 Å². The quantitative estimate of drug-likeness (QED) is 0.705. The molecule has 0 bridgehead atoms. The molecule has 1 aliphatic rings. The molecular formula is C10H20O2. The Kier molecular flexibility index (Phi) is 4.62. The van der Waals surface area contributed by atoms with Gasteiger partial charge in [-0.05, 0) is 31.6 Å². The van der Waals surface area contributed by atoms with Gasteiger partial charge in [0.05, 0.1) is 6.10 Å². The van der Waals surface area contributed by atoms with Crippen LogP contribution in [0, 0.1) is 5.92 Å². The first-order valence-electron chi connectivity index (χ1n) is 5.10. The number of ether oxygens (including phenoxy) is 1. The lowest BCUT2D eigenvalue weighted by Gasteiger charge is -2.19. The molecule has 0 radical (unpaired) electrons. The summed E-state index contributed by atoms with van der Waals surface area (Å²) in [6, 6.07) is 0. The van der Waals surface area contributed by atoms with Crippen LogP contribution in [0.25, 0.3) is 0 Å². The fourth-order valence-electron chi connectivity index (χ4n) is 1.84. The largest absolute Gasteiger partial charge is 0.393 e. The summed E-state index contributed by atoms with van der Waals surface area (Å²) < 4.78 is 5.34. The average Bonchev–Trinajstić information content (AvgIpc) is 2.32. The van der Waals surface area contributed by atoms with Crippen molar-refractivity contribution < 1.29 is 9.84 Å². The number of aliphatic hydroxyl groups excluding tert-OH is 1. The molecule has 0 amide bonds. The Morgan fingerprint density at radius 1 is 1.42 bits per heavy atom. The number of rotatable bonds is 3. The zero-order valence-electron chi connectivity index (χ0n) is 7.96. The summed E-state index contributed by atoms with van der Waals surface area (Å²) in [6.45, 7) is 3.84. The predicted octanol–water partition coefficient (Wildman–Crippen LogP) is 1.96. The summed E-state index contributed by atoms with van der Waals surface area (Å²) in [7, 11) is 0. The molecule has 1 aliphatic heterocycles. The summed E-state index contributed by atoms with van der Waals surface area (Å²) in [5, 5.41) is 9.74. The zero-order valence-corrected chi connectivity index (χ0v) is 7.96. The van der Waals surface area contributed by atoms with Crippen LogP contribution < -0.4 is 0 Å². The van der Waals surface area contributed by atoms with Crippen LogP contribution in [-0.4, -0.2) is 24.4 Å². The van der Waals surface area contributed by atoms with E-state index in [9.17, 15) is 5.11 Å². The third-order valence-corrected chi connectivity index (χ3v) is 2.63. The van der Waals surface area contributed by atoms with Crippen molar-refractivity contribution in [1.82, 2.24) is 0 Å². The van der Waals surface area contributed by atoms with E-state index < -0.39 is 0 Å². The minimum atomic E-state index is -0.0864. The molecule has 1 fully saturated rings. The second-order valence-corrected chi connectivity index (χ2v) is 3.66. The van der Waals surface area contributed by atoms with E-state index in [1.807, 2.05) is 0 Å². The van der Waals surface area contributed by atoms with Crippen molar-refractivity contribution in [3.8, 4) is 0 Å². The van der Waals surface area contributed by atoms with Crippen LogP contribution in [-0.2, 0) is 4.74 Å². The molecule has 1 saturated heterocycles. The van der Waals surface area contributed by atoms with E-state index in [1.54, 1.807) is 0 Å². The summed E-state index contributed by atoms with van der Waals surface area (Å²) in [5.74, 6) is 0.493. The molecule has 0 aromatic rings. The second kappa shape index (κ2) is 5.55. The summed E-state index contributed by atoms with van der Waals surface area (Å²) in [5.41, 5.74) is 0. The molecule has 2 heteroatoms. The van der Waals surface area contributed by atoms with Gasteiger partial charge in [0.1, 0.15) is 0 Å². The molecule has 2 nitrogen and oxygen atoms in total. The summed E-state index contributed by atoms with van der Waals surface area (Å²) in [6.07, 6.45) is 5.24. The fourth-order valence-corrected chi connectivity index (χ4v) is 1.84. The van der Waals surface area contributed by atoms with Crippen molar-refractivity contribution in [2.45, 2.75) is 45.1 Å². The maximum atomic E-state index is 9.74. The van der Waals surface area contributed by atoms with Gasteiger partial charge in [-0.1, -0.05) is 13.3 Å². The predicted molar refractivity (Wildman–Crippen MR) is 49.1 cm³/mol. The van der Waals surface area contributed by atoms with Gasteiger partial charge in [-0.3, -0.25) is 0 Å². The smallest absolute Gasteiger partial charge is 0.0569 e. The maximum Gasteiger partial charge on any atom is 0.0569 e. The van der Waals surface area contributed by atoms with Crippen LogP contribution in [0.4, 0.5) is 0 Å². The van der Waals surface area contributed by atoms with Gasteiger partial charge in [-0.2, -0.15) is 0 Å². The third kappa shape index (κ3) is 3.11. The average molecular weight is 172 g/mol. The highest BCUT2D eigenvalue weighted by atomic mass is 16.5. The van der Waals surface area contributed by atoms with Gasteiger partial charge in [0.15, 0.2) is 0 Å². The lowest BCUT2D eigenvalue weighted by Crippen LogP contribution is -2.20. The molecule has 0 spiro atoms. The normalized spacial score (nSPS) is 28.0. The van der Waals surface area contributed by atoms with Gasteiger partial charge in [-0.25, -0.2) is 0 Å². The second-order valence-electron chi connectivity index (χ2n) is 3.66. The maximum absolute atomic E-state index is 9.74. The highest BCUT2D eigenvalue weighted by molar-refractivity contribution is 4.70. The first kappa shape index (κ1) is 10.0. The topological polar surface area (TPSA) is 29.5 Å². The van der Waals surface area contributed by atoms with Crippen LogP contribution in [0.2, 0.25) is 0 Å². The van der Waals surface area contributed by atoms with E-state index >= 15 is 0 Å². The molecule has 1 heterocycles. The highest BCUT2D eigenvalue weighted by Crippen LogP contribution is 2.21. The minimum Gasteiger partial charge on any atom is -0.393 e. The highest BCUT2D eigenvalue weighted by Gasteiger charge is 2.19. The number of hydrogen-bond donors (Lipinski definition) is 1. The fraction of sp³-hybridized carbons (Fsp3) is 1.00. The Labute approximate surface area is 74.9 Å². The van der Waals surface area contributed by atoms with Crippen molar-refractivity contribution >= 4 is 0 Å². The van der Waals surface area contributed by atoms with Gasteiger partial charge < -0.3 is 9.84 Å². The van der Waals surface area contributed by atoms with Crippen LogP contribution in [0.3, 0.4) is 0 Å². The molecule has 2 unspecified atom stereocenters. The van der Waals surface area contributed by atoms with Gasteiger partial charge in [-0.15, -0.1) is 0 Å². The standard InChI is InChI=1S/C10H20O2/c1-2-4-10(11)9-5-3-7-12-8-6-9/h9-11H,2-8H2,1H3. The molecular weight excluding hydrogens is 152 g/mol. The minimum absolute atomic E-state index is 0.0864. The van der Waals surface area contributed by atoms with Gasteiger partial charge in [0.2, 0.25) is 0 Å². The number of aliphatic hydroxyl groups is 1. The summed E-state index contributed by atoms with van der Waals surface area (Å²) in [4.78, 5) is 0. The van der Waals surface area contributed by atoms with Crippen LogP contribution in [0.15, 0.2) is 0 Å². The Balaban J connectivity index is 2.27. The van der Waals surface area contributed by atoms with Crippen molar-refractivity contribution in [2.75, 3.05) is 13.2 Å². The van der Waals surface area contributed by atoms with Gasteiger partial charge in [0, 0.05) is 13.2 Å². The molecule has 2 atom stereocenters. The molecule has 1 N–H and O–H groups in total. The Morgan fingerprint density at radius 2 is 2.25 bits per heavy atom. The van der Waals surface area contributed by atoms with E-state index in [2.05, 4.69) is 6.92 Å². The van der Waals surface area contributed by atoms with E-state index in [-0.39, 0.29) is 6.10 Å². The van der Waals surface area contributed by atoms with E-state index in [0.29, 0.717) is 5.92 Å². The molecule has 0 aromatic carbocycles. The lowest BCUT2D eigenvalue weighted by atomic mass is 9.92. The Hall–Kier alpha value is -0.0800. The Bertz CT molecular complexity index is 106. The summed E-state index contributed by atoms with van der Waals surface area (Å²) >= 11 is 0. The van der Waals surface area contributed by atoms with Crippen molar-refractivity contribution in [2.24, 2.45) is 5.92 Å². The molecule has 72 valence electrons. The van der Waals surface area contributed by atoms with E-state index in [0.717, 1.165) is 45.3 Å². The van der Waals surface area contributed by atoms with Crippen LogP contribution in [0.5, 0.6) is 0 Å². The van der Waals surface area contributed by atoms with Crippen molar-refractivity contribution in [1.29, 1.82) is 0 Å². The molecule has 1 rings (SSSR count). The van der Waals surface area contributed by atoms with Crippen molar-refractivity contribution in [3.63, 3.8) is 0 Å². The zero-order chi connectivity index (χ0) is 8.81. The number of hydrogen-bond acceptors (Lipinski definition) is 2. The Morgan fingerprint density at radius 3 is 3.00 bits per heavy atom. The van der Waals surface area contributed by atoms with Crippen LogP contribution >= 0.6 is 0 Å². The molecule has 0 saturated carbocycles.